The molecule has 0 radical (unpaired) electrons. The van der Waals surface area contributed by atoms with Gasteiger partial charge in [-0.15, -0.1) is 0 Å². The number of amides is 1. The number of hydrogen-bond donors (Lipinski definition) is 2. The van der Waals surface area contributed by atoms with E-state index in [0.29, 0.717) is 25.8 Å². The molecule has 0 bridgehead atoms. The predicted octanol–water partition coefficient (Wildman–Crippen LogP) is 2.20. The minimum atomic E-state index is -0.766. The zero-order valence-corrected chi connectivity index (χ0v) is 12.9. The normalized spacial score (nSPS) is 27.7. The van der Waals surface area contributed by atoms with Gasteiger partial charge in [0.05, 0.1) is 5.92 Å². The van der Waals surface area contributed by atoms with Crippen LogP contribution in [0.4, 0.5) is 0 Å². The Bertz CT molecular complexity index is 376. The standard InChI is InChI=1S/C16H27NO4/c1-21-9-8-16(6-2-3-7-16)11-17-14(18)12-4-5-13(10-12)15(19)20/h12-13H,2-11H2,1H3,(H,17,18)(H,19,20)/t12-,13+/m1/s1. The highest BCUT2D eigenvalue weighted by Crippen LogP contribution is 2.40. The number of rotatable bonds is 7. The highest BCUT2D eigenvalue weighted by Gasteiger charge is 2.37. The molecule has 1 amide bonds. The summed E-state index contributed by atoms with van der Waals surface area (Å²) in [6.07, 6.45) is 7.57. The molecule has 2 aliphatic carbocycles. The number of carboxylic acid groups (broad SMARTS) is 1. The summed E-state index contributed by atoms with van der Waals surface area (Å²) in [5, 5.41) is 12.1. The molecule has 2 saturated carbocycles. The van der Waals surface area contributed by atoms with E-state index in [1.165, 1.54) is 12.8 Å². The van der Waals surface area contributed by atoms with Crippen LogP contribution in [-0.2, 0) is 14.3 Å². The molecular formula is C16H27NO4. The minimum Gasteiger partial charge on any atom is -0.481 e. The summed E-state index contributed by atoms with van der Waals surface area (Å²) in [6, 6.07) is 0. The highest BCUT2D eigenvalue weighted by atomic mass is 16.5. The van der Waals surface area contributed by atoms with Gasteiger partial charge in [-0.2, -0.15) is 0 Å². The van der Waals surface area contributed by atoms with E-state index in [9.17, 15) is 9.59 Å². The first-order valence-electron chi connectivity index (χ1n) is 8.06. The van der Waals surface area contributed by atoms with Gasteiger partial charge < -0.3 is 15.2 Å². The SMILES string of the molecule is COCCC1(CNC(=O)[C@@H]2CC[C@H](C(=O)O)C2)CCCC1. The third-order valence-electron chi connectivity index (χ3n) is 5.29. The summed E-state index contributed by atoms with van der Waals surface area (Å²) in [5.74, 6) is -1.18. The first-order valence-corrected chi connectivity index (χ1v) is 8.06. The van der Waals surface area contributed by atoms with E-state index in [1.54, 1.807) is 7.11 Å². The fourth-order valence-electron chi connectivity index (χ4n) is 3.82. The van der Waals surface area contributed by atoms with Gasteiger partial charge in [0.1, 0.15) is 0 Å². The number of hydrogen-bond acceptors (Lipinski definition) is 3. The van der Waals surface area contributed by atoms with Gasteiger partial charge in [0.2, 0.25) is 5.91 Å². The van der Waals surface area contributed by atoms with Crippen LogP contribution < -0.4 is 5.32 Å². The summed E-state index contributed by atoms with van der Waals surface area (Å²) in [4.78, 5) is 23.2. The Morgan fingerprint density at radius 2 is 1.90 bits per heavy atom. The van der Waals surface area contributed by atoms with E-state index in [2.05, 4.69) is 5.32 Å². The monoisotopic (exact) mass is 297 g/mol. The van der Waals surface area contributed by atoms with Crippen molar-refractivity contribution in [2.45, 2.75) is 51.4 Å². The number of carbonyl (C=O) groups is 2. The van der Waals surface area contributed by atoms with Crippen molar-refractivity contribution in [3.8, 4) is 0 Å². The van der Waals surface area contributed by atoms with Gasteiger partial charge in [-0.3, -0.25) is 9.59 Å². The molecule has 0 aromatic carbocycles. The van der Waals surface area contributed by atoms with Crippen molar-refractivity contribution in [1.29, 1.82) is 0 Å². The zero-order chi connectivity index (χ0) is 15.3. The molecule has 0 spiro atoms. The topological polar surface area (TPSA) is 75.6 Å². The number of carboxylic acids is 1. The lowest BCUT2D eigenvalue weighted by Gasteiger charge is -2.29. The summed E-state index contributed by atoms with van der Waals surface area (Å²) in [6.45, 7) is 1.45. The van der Waals surface area contributed by atoms with Crippen LogP contribution in [0.5, 0.6) is 0 Å². The van der Waals surface area contributed by atoms with Gasteiger partial charge in [-0.1, -0.05) is 12.8 Å². The quantitative estimate of drug-likeness (QED) is 0.755. The second kappa shape index (κ2) is 7.25. The van der Waals surface area contributed by atoms with Crippen molar-refractivity contribution in [3.05, 3.63) is 0 Å². The predicted molar refractivity (Wildman–Crippen MR) is 78.9 cm³/mol. The second-order valence-electron chi connectivity index (χ2n) is 6.71. The van der Waals surface area contributed by atoms with Crippen LogP contribution in [-0.4, -0.2) is 37.2 Å². The van der Waals surface area contributed by atoms with Gasteiger partial charge in [-0.05, 0) is 43.9 Å². The molecule has 0 aromatic rings. The number of methoxy groups -OCH3 is 1. The molecule has 2 N–H and O–H groups in total. The van der Waals surface area contributed by atoms with Gasteiger partial charge >= 0.3 is 5.97 Å². The Labute approximate surface area is 126 Å². The Kier molecular flexibility index (Phi) is 5.62. The largest absolute Gasteiger partial charge is 0.481 e. The van der Waals surface area contributed by atoms with Gasteiger partial charge in [0.15, 0.2) is 0 Å². The van der Waals surface area contributed by atoms with Gasteiger partial charge in [0.25, 0.3) is 0 Å². The number of ether oxygens (including phenoxy) is 1. The average molecular weight is 297 g/mol. The molecule has 21 heavy (non-hydrogen) atoms. The van der Waals surface area contributed by atoms with Crippen LogP contribution in [0.2, 0.25) is 0 Å². The summed E-state index contributed by atoms with van der Waals surface area (Å²) >= 11 is 0. The van der Waals surface area contributed by atoms with Crippen LogP contribution in [0.1, 0.15) is 51.4 Å². The lowest BCUT2D eigenvalue weighted by Crippen LogP contribution is -2.39. The highest BCUT2D eigenvalue weighted by molar-refractivity contribution is 5.80. The van der Waals surface area contributed by atoms with E-state index < -0.39 is 5.97 Å². The molecule has 2 rings (SSSR count). The van der Waals surface area contributed by atoms with Crippen LogP contribution in [0.3, 0.4) is 0 Å². The molecule has 0 saturated heterocycles. The molecular weight excluding hydrogens is 270 g/mol. The molecule has 5 heteroatoms. The maximum atomic E-state index is 12.3. The summed E-state index contributed by atoms with van der Waals surface area (Å²) in [7, 11) is 1.71. The third-order valence-corrected chi connectivity index (χ3v) is 5.29. The Morgan fingerprint density at radius 1 is 1.24 bits per heavy atom. The van der Waals surface area contributed by atoms with Gasteiger partial charge in [-0.25, -0.2) is 0 Å². The number of nitrogens with one attached hydrogen (secondary N) is 1. The molecule has 120 valence electrons. The minimum absolute atomic E-state index is 0.0439. The van der Waals surface area contributed by atoms with Crippen LogP contribution in [0.25, 0.3) is 0 Å². The third kappa shape index (κ3) is 4.19. The number of aliphatic carboxylic acids is 1. The second-order valence-corrected chi connectivity index (χ2v) is 6.71. The molecule has 0 aliphatic heterocycles. The fraction of sp³-hybridized carbons (Fsp3) is 0.875. The summed E-state index contributed by atoms with van der Waals surface area (Å²) in [5.41, 5.74) is 0.191. The molecule has 0 heterocycles. The van der Waals surface area contributed by atoms with Crippen LogP contribution in [0, 0.1) is 17.3 Å². The fourth-order valence-corrected chi connectivity index (χ4v) is 3.82. The van der Waals surface area contributed by atoms with E-state index in [4.69, 9.17) is 9.84 Å². The van der Waals surface area contributed by atoms with Crippen LogP contribution in [0.15, 0.2) is 0 Å². The Balaban J connectivity index is 1.81. The van der Waals surface area contributed by atoms with Crippen molar-refractivity contribution in [2.24, 2.45) is 17.3 Å². The molecule has 0 aromatic heterocycles. The smallest absolute Gasteiger partial charge is 0.306 e. The van der Waals surface area contributed by atoms with Crippen molar-refractivity contribution in [2.75, 3.05) is 20.3 Å². The first-order chi connectivity index (χ1) is 10.1. The Morgan fingerprint density at radius 3 is 2.48 bits per heavy atom. The van der Waals surface area contributed by atoms with Crippen molar-refractivity contribution in [3.63, 3.8) is 0 Å². The first kappa shape index (κ1) is 16.3. The lowest BCUT2D eigenvalue weighted by atomic mass is 9.82. The van der Waals surface area contributed by atoms with Crippen molar-refractivity contribution >= 4 is 11.9 Å². The van der Waals surface area contributed by atoms with E-state index in [0.717, 1.165) is 25.9 Å². The molecule has 2 aliphatic rings. The lowest BCUT2D eigenvalue weighted by molar-refractivity contribution is -0.141. The van der Waals surface area contributed by atoms with Gasteiger partial charge in [0, 0.05) is 26.2 Å². The van der Waals surface area contributed by atoms with Crippen molar-refractivity contribution < 1.29 is 19.4 Å². The maximum absolute atomic E-state index is 12.3. The molecule has 2 fully saturated rings. The van der Waals surface area contributed by atoms with E-state index in [1.807, 2.05) is 0 Å². The zero-order valence-electron chi connectivity index (χ0n) is 12.9. The van der Waals surface area contributed by atoms with Crippen LogP contribution >= 0.6 is 0 Å². The molecule has 5 nitrogen and oxygen atoms in total. The van der Waals surface area contributed by atoms with E-state index >= 15 is 0 Å². The van der Waals surface area contributed by atoms with Crippen molar-refractivity contribution in [1.82, 2.24) is 5.32 Å². The summed E-state index contributed by atoms with van der Waals surface area (Å²) < 4.78 is 5.20. The number of carbonyl (C=O) groups excluding carboxylic acids is 1. The maximum Gasteiger partial charge on any atom is 0.306 e. The molecule has 0 unspecified atom stereocenters. The van der Waals surface area contributed by atoms with E-state index in [-0.39, 0.29) is 23.2 Å². The Hall–Kier alpha value is -1.10. The average Bonchev–Trinajstić information content (AvgIpc) is 3.12. The molecule has 2 atom stereocenters.